The van der Waals surface area contributed by atoms with Crippen molar-refractivity contribution in [3.05, 3.63) is 0 Å². The molecule has 0 aliphatic rings. The first-order valence-corrected chi connectivity index (χ1v) is 23.9. The number of hydrogen-bond donors (Lipinski definition) is 0. The van der Waals surface area contributed by atoms with Crippen LogP contribution in [-0.2, 0) is 28.6 Å². The monoisotopic (exact) mass is 765 g/mol. The van der Waals surface area contributed by atoms with Crippen molar-refractivity contribution in [2.45, 2.75) is 271 Å². The van der Waals surface area contributed by atoms with Crippen LogP contribution in [0.2, 0.25) is 0 Å². The number of carbonyl (C=O) groups is 3. The first-order valence-electron chi connectivity index (χ1n) is 23.9. The second-order valence-corrected chi connectivity index (χ2v) is 16.9. The summed E-state index contributed by atoms with van der Waals surface area (Å²) in [5.74, 6) is -0.00615. The predicted octanol–water partition coefficient (Wildman–Crippen LogP) is 15.1. The van der Waals surface area contributed by atoms with Crippen LogP contribution < -0.4 is 0 Å². The molecule has 54 heavy (non-hydrogen) atoms. The van der Waals surface area contributed by atoms with E-state index in [4.69, 9.17) is 14.2 Å². The molecule has 0 fully saturated rings. The van der Waals surface area contributed by atoms with Crippen LogP contribution in [0.1, 0.15) is 265 Å². The molecule has 0 amide bonds. The third-order valence-electron chi connectivity index (χ3n) is 10.8. The van der Waals surface area contributed by atoms with Gasteiger partial charge in [0.25, 0.3) is 0 Å². The normalized spacial score (nSPS) is 11.9. The average molecular weight is 765 g/mol. The van der Waals surface area contributed by atoms with Crippen LogP contribution in [0.3, 0.4) is 0 Å². The van der Waals surface area contributed by atoms with E-state index < -0.39 is 6.10 Å². The van der Waals surface area contributed by atoms with Crippen molar-refractivity contribution in [3.8, 4) is 0 Å². The third-order valence-corrected chi connectivity index (χ3v) is 10.8. The van der Waals surface area contributed by atoms with Gasteiger partial charge in [0.2, 0.25) is 0 Å². The van der Waals surface area contributed by atoms with E-state index >= 15 is 0 Å². The maximum atomic E-state index is 12.6. The minimum absolute atomic E-state index is 0.0639. The third kappa shape index (κ3) is 41.6. The van der Waals surface area contributed by atoms with Gasteiger partial charge >= 0.3 is 17.9 Å². The van der Waals surface area contributed by atoms with E-state index in [2.05, 4.69) is 27.7 Å². The minimum Gasteiger partial charge on any atom is -0.462 e. The van der Waals surface area contributed by atoms with Gasteiger partial charge in [-0.15, -0.1) is 0 Å². The molecule has 0 aliphatic carbocycles. The summed E-state index contributed by atoms with van der Waals surface area (Å²) in [6.45, 7) is 8.97. The van der Waals surface area contributed by atoms with Crippen LogP contribution in [0.5, 0.6) is 0 Å². The molecule has 6 nitrogen and oxygen atoms in total. The molecule has 0 aromatic carbocycles. The molecule has 0 unspecified atom stereocenters. The summed E-state index contributed by atoms with van der Waals surface area (Å²) >= 11 is 0. The number of unbranched alkanes of at least 4 members (excludes halogenated alkanes) is 30. The largest absolute Gasteiger partial charge is 0.462 e. The van der Waals surface area contributed by atoms with Gasteiger partial charge in [-0.1, -0.05) is 227 Å². The maximum absolute atomic E-state index is 12.6. The van der Waals surface area contributed by atoms with Gasteiger partial charge in [0.05, 0.1) is 0 Å². The molecule has 0 saturated carbocycles. The number of carbonyl (C=O) groups excluding carboxylic acids is 3. The highest BCUT2D eigenvalue weighted by atomic mass is 16.6. The van der Waals surface area contributed by atoms with E-state index in [9.17, 15) is 14.4 Å². The zero-order valence-corrected chi connectivity index (χ0v) is 36.7. The first-order chi connectivity index (χ1) is 26.4. The van der Waals surface area contributed by atoms with Crippen molar-refractivity contribution in [1.29, 1.82) is 0 Å². The molecule has 0 heterocycles. The molecular weight excluding hydrogens is 673 g/mol. The van der Waals surface area contributed by atoms with Crippen molar-refractivity contribution in [2.75, 3.05) is 13.2 Å². The molecule has 0 aromatic heterocycles. The Kier molecular flexibility index (Phi) is 41.3. The SMILES string of the molecule is CCCCCCCCCCCCC(=O)OC[C@H](COC(=O)CCCCCCCCCCCCCCCCCCC(C)C)OC(=O)CCCCCCCCC. The van der Waals surface area contributed by atoms with Crippen LogP contribution in [0.4, 0.5) is 0 Å². The molecular formula is C48H92O6. The smallest absolute Gasteiger partial charge is 0.306 e. The number of rotatable bonds is 43. The van der Waals surface area contributed by atoms with Crippen LogP contribution in [0, 0.1) is 5.92 Å². The molecule has 1 atom stereocenters. The van der Waals surface area contributed by atoms with Crippen molar-refractivity contribution in [1.82, 2.24) is 0 Å². The van der Waals surface area contributed by atoms with Gasteiger partial charge in [-0.2, -0.15) is 0 Å². The fourth-order valence-electron chi connectivity index (χ4n) is 7.16. The Morgan fingerprint density at radius 1 is 0.352 bits per heavy atom. The quantitative estimate of drug-likeness (QED) is 0.0349. The summed E-state index contributed by atoms with van der Waals surface area (Å²) in [6.07, 6.45) is 42.5. The van der Waals surface area contributed by atoms with E-state index in [-0.39, 0.29) is 31.1 Å². The highest BCUT2D eigenvalue weighted by molar-refractivity contribution is 5.71. The molecule has 0 radical (unpaired) electrons. The van der Waals surface area contributed by atoms with Gasteiger partial charge in [-0.3, -0.25) is 14.4 Å². The fraction of sp³-hybridized carbons (Fsp3) is 0.938. The van der Waals surface area contributed by atoms with E-state index in [0.29, 0.717) is 19.3 Å². The lowest BCUT2D eigenvalue weighted by Crippen LogP contribution is -2.30. The lowest BCUT2D eigenvalue weighted by atomic mass is 10.0. The van der Waals surface area contributed by atoms with Crippen molar-refractivity contribution < 1.29 is 28.6 Å². The van der Waals surface area contributed by atoms with Crippen LogP contribution >= 0.6 is 0 Å². The lowest BCUT2D eigenvalue weighted by molar-refractivity contribution is -0.167. The second-order valence-electron chi connectivity index (χ2n) is 16.9. The van der Waals surface area contributed by atoms with Gasteiger partial charge in [0.1, 0.15) is 13.2 Å². The standard InChI is InChI=1S/C48H92O6/c1-5-7-9-11-13-14-24-28-31-35-39-46(49)52-42-45(54-48(51)41-37-33-26-12-10-8-6-2)43-53-47(50)40-36-32-29-25-22-20-18-16-15-17-19-21-23-27-30-34-38-44(3)4/h44-45H,5-43H2,1-4H3/t45-/m1/s1. The van der Waals surface area contributed by atoms with Crippen molar-refractivity contribution in [3.63, 3.8) is 0 Å². The van der Waals surface area contributed by atoms with Crippen molar-refractivity contribution >= 4 is 17.9 Å². The lowest BCUT2D eigenvalue weighted by Gasteiger charge is -2.18. The Bertz CT molecular complexity index is 811. The predicted molar refractivity (Wildman–Crippen MR) is 229 cm³/mol. The summed E-state index contributed by atoms with van der Waals surface area (Å²) in [6, 6.07) is 0. The molecule has 0 aromatic rings. The molecule has 0 aliphatic heterocycles. The van der Waals surface area contributed by atoms with E-state index in [0.717, 1.165) is 63.7 Å². The number of ether oxygens (including phenoxy) is 3. The van der Waals surface area contributed by atoms with E-state index in [1.165, 1.54) is 161 Å². The van der Waals surface area contributed by atoms with Gasteiger partial charge < -0.3 is 14.2 Å². The molecule has 0 bridgehead atoms. The first kappa shape index (κ1) is 52.4. The minimum atomic E-state index is -0.757. The molecule has 0 saturated heterocycles. The molecule has 0 rings (SSSR count). The van der Waals surface area contributed by atoms with Crippen LogP contribution in [0.25, 0.3) is 0 Å². The van der Waals surface area contributed by atoms with Gasteiger partial charge in [0.15, 0.2) is 6.10 Å². The fourth-order valence-corrected chi connectivity index (χ4v) is 7.16. The van der Waals surface area contributed by atoms with Gasteiger partial charge in [-0.25, -0.2) is 0 Å². The molecule has 6 heteroatoms. The zero-order chi connectivity index (χ0) is 39.6. The van der Waals surface area contributed by atoms with E-state index in [1.807, 2.05) is 0 Å². The highest BCUT2D eigenvalue weighted by Crippen LogP contribution is 2.16. The summed E-state index contributed by atoms with van der Waals surface area (Å²) in [5.41, 5.74) is 0. The topological polar surface area (TPSA) is 78.9 Å². The Morgan fingerprint density at radius 3 is 0.907 bits per heavy atom. The second kappa shape index (κ2) is 42.6. The molecule has 0 N–H and O–H groups in total. The summed E-state index contributed by atoms with van der Waals surface area (Å²) in [4.78, 5) is 37.6. The number of esters is 3. The Labute approximate surface area is 336 Å². The van der Waals surface area contributed by atoms with Crippen LogP contribution in [0.15, 0.2) is 0 Å². The summed E-state index contributed by atoms with van der Waals surface area (Å²) in [7, 11) is 0. The molecule has 320 valence electrons. The Morgan fingerprint density at radius 2 is 0.611 bits per heavy atom. The van der Waals surface area contributed by atoms with Crippen molar-refractivity contribution in [2.24, 2.45) is 5.92 Å². The van der Waals surface area contributed by atoms with Gasteiger partial charge in [0, 0.05) is 19.3 Å². The van der Waals surface area contributed by atoms with Crippen LogP contribution in [-0.4, -0.2) is 37.2 Å². The Hall–Kier alpha value is -1.59. The highest BCUT2D eigenvalue weighted by Gasteiger charge is 2.19. The zero-order valence-electron chi connectivity index (χ0n) is 36.7. The number of hydrogen-bond acceptors (Lipinski definition) is 6. The summed E-state index contributed by atoms with van der Waals surface area (Å²) in [5, 5.41) is 0. The average Bonchev–Trinajstić information content (AvgIpc) is 3.15. The maximum Gasteiger partial charge on any atom is 0.306 e. The molecule has 0 spiro atoms. The van der Waals surface area contributed by atoms with Gasteiger partial charge in [-0.05, 0) is 25.2 Å². The van der Waals surface area contributed by atoms with E-state index in [1.54, 1.807) is 0 Å². The Balaban J connectivity index is 4.13. The summed E-state index contributed by atoms with van der Waals surface area (Å²) < 4.78 is 16.7.